The van der Waals surface area contributed by atoms with Crippen LogP contribution in [0, 0.1) is 0 Å². The molecule has 0 atom stereocenters. The lowest BCUT2D eigenvalue weighted by Crippen LogP contribution is -2.43. The molecule has 0 bridgehead atoms. The van der Waals surface area contributed by atoms with Crippen LogP contribution < -0.4 is 10.1 Å². The van der Waals surface area contributed by atoms with Crippen molar-refractivity contribution in [2.75, 3.05) is 18.4 Å². The fourth-order valence-corrected chi connectivity index (χ4v) is 2.51. The summed E-state index contributed by atoms with van der Waals surface area (Å²) in [6.45, 7) is 1.40. The van der Waals surface area contributed by atoms with Gasteiger partial charge in [0.05, 0.1) is 11.9 Å². The number of anilines is 1. The Kier molecular flexibility index (Phi) is 4.53. The summed E-state index contributed by atoms with van der Waals surface area (Å²) >= 11 is 0. The molecule has 1 aliphatic rings. The molecule has 1 aliphatic heterocycles. The number of para-hydroxylation sites is 1. The smallest absolute Gasteiger partial charge is 0.321 e. The summed E-state index contributed by atoms with van der Waals surface area (Å²) in [6, 6.07) is 13.4. The van der Waals surface area contributed by atoms with Crippen molar-refractivity contribution in [1.29, 1.82) is 0 Å². The van der Waals surface area contributed by atoms with Crippen molar-refractivity contribution in [3.63, 3.8) is 0 Å². The van der Waals surface area contributed by atoms with Crippen LogP contribution in [0.2, 0.25) is 0 Å². The number of hydrogen-bond donors (Lipinski definition) is 1. The molecular weight excluding hydrogens is 278 g/mol. The summed E-state index contributed by atoms with van der Waals surface area (Å²) in [4.78, 5) is 18.0. The Labute approximate surface area is 129 Å². The van der Waals surface area contributed by atoms with Crippen LogP contribution in [0.25, 0.3) is 0 Å². The second-order valence-electron chi connectivity index (χ2n) is 5.29. The van der Waals surface area contributed by atoms with E-state index in [1.54, 1.807) is 18.5 Å². The third-order valence-corrected chi connectivity index (χ3v) is 3.69. The van der Waals surface area contributed by atoms with Gasteiger partial charge in [0, 0.05) is 32.1 Å². The first kappa shape index (κ1) is 14.4. The molecule has 5 nitrogen and oxygen atoms in total. The first-order chi connectivity index (χ1) is 10.8. The van der Waals surface area contributed by atoms with Gasteiger partial charge in [-0.15, -0.1) is 0 Å². The predicted octanol–water partition coefficient (Wildman–Crippen LogP) is 3.16. The van der Waals surface area contributed by atoms with E-state index < -0.39 is 0 Å². The number of hydrogen-bond acceptors (Lipinski definition) is 3. The van der Waals surface area contributed by atoms with Crippen LogP contribution in [0.1, 0.15) is 12.8 Å². The molecule has 1 aromatic carbocycles. The summed E-state index contributed by atoms with van der Waals surface area (Å²) in [5.41, 5.74) is 0.718. The van der Waals surface area contributed by atoms with Gasteiger partial charge in [-0.2, -0.15) is 0 Å². The van der Waals surface area contributed by atoms with Crippen molar-refractivity contribution in [3.8, 4) is 5.75 Å². The van der Waals surface area contributed by atoms with Crippen molar-refractivity contribution in [2.45, 2.75) is 18.9 Å². The Bertz CT molecular complexity index is 596. The summed E-state index contributed by atoms with van der Waals surface area (Å²) in [5, 5.41) is 2.86. The second-order valence-corrected chi connectivity index (χ2v) is 5.29. The number of rotatable bonds is 3. The highest BCUT2D eigenvalue weighted by Gasteiger charge is 2.23. The van der Waals surface area contributed by atoms with E-state index in [1.165, 1.54) is 0 Å². The van der Waals surface area contributed by atoms with Gasteiger partial charge in [-0.05, 0) is 24.3 Å². The van der Waals surface area contributed by atoms with Crippen molar-refractivity contribution >= 4 is 11.7 Å². The number of nitrogens with one attached hydrogen (secondary N) is 1. The molecule has 1 saturated heterocycles. The van der Waals surface area contributed by atoms with Crippen LogP contribution in [0.5, 0.6) is 5.75 Å². The number of piperidine rings is 1. The number of pyridine rings is 1. The Morgan fingerprint density at radius 3 is 2.59 bits per heavy atom. The number of nitrogens with zero attached hydrogens (tertiary/aromatic N) is 2. The van der Waals surface area contributed by atoms with Crippen LogP contribution in [0.4, 0.5) is 10.5 Å². The number of urea groups is 1. The van der Waals surface area contributed by atoms with E-state index in [4.69, 9.17) is 4.74 Å². The van der Waals surface area contributed by atoms with Gasteiger partial charge in [-0.3, -0.25) is 4.98 Å². The average Bonchev–Trinajstić information content (AvgIpc) is 2.57. The minimum Gasteiger partial charge on any atom is -0.490 e. The maximum absolute atomic E-state index is 12.2. The number of benzene rings is 1. The summed E-state index contributed by atoms with van der Waals surface area (Å²) in [6.07, 6.45) is 5.18. The van der Waals surface area contributed by atoms with E-state index in [0.717, 1.165) is 24.3 Å². The lowest BCUT2D eigenvalue weighted by atomic mass is 10.1. The number of aromatic nitrogens is 1. The molecule has 0 aliphatic carbocycles. The highest BCUT2D eigenvalue weighted by Crippen LogP contribution is 2.19. The third kappa shape index (κ3) is 3.75. The zero-order chi connectivity index (χ0) is 15.2. The molecule has 22 heavy (non-hydrogen) atoms. The standard InChI is InChI=1S/C17H19N3O2/c21-17(19-14-5-4-10-18-13-14)20-11-8-16(9-12-20)22-15-6-2-1-3-7-15/h1-7,10,13,16H,8-9,11-12H2,(H,19,21). The fourth-order valence-electron chi connectivity index (χ4n) is 2.51. The van der Waals surface area contributed by atoms with Crippen LogP contribution >= 0.6 is 0 Å². The minimum atomic E-state index is -0.0776. The van der Waals surface area contributed by atoms with E-state index in [2.05, 4.69) is 10.3 Å². The maximum Gasteiger partial charge on any atom is 0.321 e. The zero-order valence-corrected chi connectivity index (χ0v) is 12.3. The molecule has 2 heterocycles. The van der Waals surface area contributed by atoms with Gasteiger partial charge in [0.1, 0.15) is 11.9 Å². The molecular formula is C17H19N3O2. The maximum atomic E-state index is 12.2. The normalized spacial score (nSPS) is 15.4. The molecule has 1 aromatic heterocycles. The molecule has 114 valence electrons. The number of carbonyl (C=O) groups is 1. The van der Waals surface area contributed by atoms with Crippen LogP contribution in [0.15, 0.2) is 54.9 Å². The van der Waals surface area contributed by atoms with Crippen LogP contribution in [0.3, 0.4) is 0 Å². The van der Waals surface area contributed by atoms with E-state index in [1.807, 2.05) is 41.3 Å². The van der Waals surface area contributed by atoms with E-state index in [-0.39, 0.29) is 12.1 Å². The lowest BCUT2D eigenvalue weighted by molar-refractivity contribution is 0.115. The van der Waals surface area contributed by atoms with Gasteiger partial charge in [0.25, 0.3) is 0 Å². The van der Waals surface area contributed by atoms with Gasteiger partial charge in [0.15, 0.2) is 0 Å². The van der Waals surface area contributed by atoms with Crippen molar-refractivity contribution < 1.29 is 9.53 Å². The fraction of sp³-hybridized carbons (Fsp3) is 0.294. The van der Waals surface area contributed by atoms with E-state index >= 15 is 0 Å². The molecule has 5 heteroatoms. The summed E-state index contributed by atoms with van der Waals surface area (Å²) < 4.78 is 5.93. The van der Waals surface area contributed by atoms with Gasteiger partial charge < -0.3 is 15.0 Å². The number of ether oxygens (including phenoxy) is 1. The molecule has 2 aromatic rings. The Balaban J connectivity index is 1.48. The molecule has 0 unspecified atom stereocenters. The molecule has 1 N–H and O–H groups in total. The number of carbonyl (C=O) groups excluding carboxylic acids is 1. The Hall–Kier alpha value is -2.56. The molecule has 3 rings (SSSR count). The average molecular weight is 297 g/mol. The lowest BCUT2D eigenvalue weighted by Gasteiger charge is -2.32. The highest BCUT2D eigenvalue weighted by atomic mass is 16.5. The second kappa shape index (κ2) is 6.93. The summed E-state index contributed by atoms with van der Waals surface area (Å²) in [7, 11) is 0. The monoisotopic (exact) mass is 297 g/mol. The quantitative estimate of drug-likeness (QED) is 0.947. The molecule has 0 spiro atoms. The Morgan fingerprint density at radius 2 is 1.91 bits per heavy atom. The van der Waals surface area contributed by atoms with Crippen LogP contribution in [-0.2, 0) is 0 Å². The van der Waals surface area contributed by atoms with Crippen molar-refractivity contribution in [3.05, 3.63) is 54.9 Å². The summed E-state index contributed by atoms with van der Waals surface area (Å²) in [5.74, 6) is 0.890. The van der Waals surface area contributed by atoms with E-state index in [9.17, 15) is 4.79 Å². The van der Waals surface area contributed by atoms with E-state index in [0.29, 0.717) is 13.1 Å². The molecule has 0 radical (unpaired) electrons. The topological polar surface area (TPSA) is 54.5 Å². The van der Waals surface area contributed by atoms with Gasteiger partial charge in [0.2, 0.25) is 0 Å². The zero-order valence-electron chi connectivity index (χ0n) is 12.3. The van der Waals surface area contributed by atoms with Gasteiger partial charge in [-0.25, -0.2) is 4.79 Å². The first-order valence-corrected chi connectivity index (χ1v) is 7.49. The third-order valence-electron chi connectivity index (χ3n) is 3.69. The largest absolute Gasteiger partial charge is 0.490 e. The van der Waals surface area contributed by atoms with Gasteiger partial charge >= 0.3 is 6.03 Å². The highest BCUT2D eigenvalue weighted by molar-refractivity contribution is 5.89. The van der Waals surface area contributed by atoms with Crippen molar-refractivity contribution in [1.82, 2.24) is 9.88 Å². The number of amides is 2. The molecule has 1 fully saturated rings. The SMILES string of the molecule is O=C(Nc1cccnc1)N1CCC(Oc2ccccc2)CC1. The van der Waals surface area contributed by atoms with Gasteiger partial charge in [-0.1, -0.05) is 18.2 Å². The van der Waals surface area contributed by atoms with Crippen LogP contribution in [-0.4, -0.2) is 35.1 Å². The number of likely N-dealkylation sites (tertiary alicyclic amines) is 1. The first-order valence-electron chi connectivity index (χ1n) is 7.49. The molecule has 0 saturated carbocycles. The molecule has 2 amide bonds. The predicted molar refractivity (Wildman–Crippen MR) is 84.9 cm³/mol. The van der Waals surface area contributed by atoms with Crippen molar-refractivity contribution in [2.24, 2.45) is 0 Å². The minimum absolute atomic E-state index is 0.0776. The Morgan fingerprint density at radius 1 is 1.14 bits per heavy atom.